The third-order valence-electron chi connectivity index (χ3n) is 8.42. The molecule has 0 aromatic heterocycles. The molecular formula is C35H72Br2N2O4. The van der Waals surface area contributed by atoms with E-state index in [1.165, 1.54) is 116 Å². The second-order valence-corrected chi connectivity index (χ2v) is 13.7. The fourth-order valence-electron chi connectivity index (χ4n) is 5.26. The second-order valence-electron chi connectivity index (χ2n) is 13.7. The number of ether oxygens (including phenoxy) is 2. The molecular weight excluding hydrogens is 672 g/mol. The minimum absolute atomic E-state index is 0. The molecule has 0 N–H and O–H groups in total. The number of hydrogen-bond donors (Lipinski definition) is 0. The molecule has 0 aliphatic heterocycles. The molecule has 6 nitrogen and oxygen atoms in total. The van der Waals surface area contributed by atoms with Crippen molar-refractivity contribution in [2.75, 3.05) is 67.6 Å². The standard InChI is InChI=1S/C35H72N2O4.2BrH/c1-7-9-11-13-15-17-19-21-23-28-36(3,4)30-32-40-34(38)26-25-27-35(39)41-33-31-37(5,6)29-24-22-20-18-16-14-12-10-8-2;;/h7-33H2,1-6H3;2*1H/q+2;;/p-2. The van der Waals surface area contributed by atoms with E-state index >= 15 is 0 Å². The van der Waals surface area contributed by atoms with Gasteiger partial charge in [-0.05, 0) is 32.1 Å². The van der Waals surface area contributed by atoms with E-state index in [2.05, 4.69) is 42.0 Å². The Hall–Kier alpha value is -0.180. The molecule has 0 atom stereocenters. The molecule has 0 fully saturated rings. The second kappa shape index (κ2) is 31.8. The van der Waals surface area contributed by atoms with E-state index in [0.717, 1.165) is 35.1 Å². The molecule has 0 saturated carbocycles. The van der Waals surface area contributed by atoms with Gasteiger partial charge in [0.1, 0.15) is 26.3 Å². The van der Waals surface area contributed by atoms with Crippen molar-refractivity contribution in [3.63, 3.8) is 0 Å². The van der Waals surface area contributed by atoms with Gasteiger partial charge in [-0.15, -0.1) is 0 Å². The van der Waals surface area contributed by atoms with Gasteiger partial charge >= 0.3 is 11.9 Å². The monoisotopic (exact) mass is 742 g/mol. The Morgan fingerprint density at radius 3 is 1.00 bits per heavy atom. The lowest BCUT2D eigenvalue weighted by Crippen LogP contribution is -3.00. The first kappa shape index (κ1) is 47.2. The number of quaternary nitrogens is 2. The molecule has 0 radical (unpaired) electrons. The maximum atomic E-state index is 12.1. The molecule has 0 aliphatic carbocycles. The summed E-state index contributed by atoms with van der Waals surface area (Å²) in [7, 11) is 8.85. The summed E-state index contributed by atoms with van der Waals surface area (Å²) in [6, 6.07) is 0. The van der Waals surface area contributed by atoms with E-state index in [1.807, 2.05) is 0 Å². The zero-order valence-corrected chi connectivity index (χ0v) is 32.5. The van der Waals surface area contributed by atoms with Crippen molar-refractivity contribution < 1.29 is 62.0 Å². The number of carbonyl (C=O) groups is 2. The van der Waals surface area contributed by atoms with Crippen LogP contribution in [0.2, 0.25) is 0 Å². The first-order chi connectivity index (χ1) is 19.6. The van der Waals surface area contributed by atoms with Gasteiger partial charge in [0.25, 0.3) is 0 Å². The molecule has 0 aromatic carbocycles. The van der Waals surface area contributed by atoms with Crippen LogP contribution >= 0.6 is 0 Å². The van der Waals surface area contributed by atoms with Crippen LogP contribution in [0.5, 0.6) is 0 Å². The number of likely N-dealkylation sites (N-methyl/N-ethyl adjacent to an activating group) is 2. The van der Waals surface area contributed by atoms with Crippen molar-refractivity contribution in [1.29, 1.82) is 0 Å². The summed E-state index contributed by atoms with van der Waals surface area (Å²) in [5.41, 5.74) is 0. The summed E-state index contributed by atoms with van der Waals surface area (Å²) in [6.07, 6.45) is 25.2. The SMILES string of the molecule is CCCCCCCCCCC[N+](C)(C)CCOC(=O)CCCC(=O)OCC[N+](C)(C)CCCCCCCCCCC.[Br-].[Br-]. The Balaban J connectivity index is -0.00000800. The summed E-state index contributed by atoms with van der Waals surface area (Å²) in [5.74, 6) is -0.417. The van der Waals surface area contributed by atoms with E-state index < -0.39 is 0 Å². The van der Waals surface area contributed by atoms with Gasteiger partial charge in [0.2, 0.25) is 0 Å². The molecule has 0 bridgehead atoms. The Labute approximate surface area is 289 Å². The lowest BCUT2D eigenvalue weighted by molar-refractivity contribution is -0.890. The summed E-state index contributed by atoms with van der Waals surface area (Å²) < 4.78 is 12.7. The number of hydrogen-bond acceptors (Lipinski definition) is 4. The van der Waals surface area contributed by atoms with Gasteiger partial charge in [0.15, 0.2) is 0 Å². The molecule has 0 saturated heterocycles. The highest BCUT2D eigenvalue weighted by Crippen LogP contribution is 2.12. The van der Waals surface area contributed by atoms with Crippen LogP contribution in [0.1, 0.15) is 149 Å². The van der Waals surface area contributed by atoms with E-state index in [0.29, 0.717) is 19.6 Å². The number of halogens is 2. The van der Waals surface area contributed by atoms with Crippen molar-refractivity contribution in [2.24, 2.45) is 0 Å². The Kier molecular flexibility index (Phi) is 34.9. The van der Waals surface area contributed by atoms with Crippen molar-refractivity contribution in [3.05, 3.63) is 0 Å². The van der Waals surface area contributed by atoms with Crippen LogP contribution in [-0.4, -0.2) is 88.5 Å². The largest absolute Gasteiger partial charge is 1.00 e. The van der Waals surface area contributed by atoms with E-state index in [1.54, 1.807) is 0 Å². The number of unbranched alkanes of at least 4 members (excludes halogenated alkanes) is 16. The van der Waals surface area contributed by atoms with Gasteiger partial charge in [-0.1, -0.05) is 104 Å². The smallest absolute Gasteiger partial charge is 0.306 e. The van der Waals surface area contributed by atoms with Crippen LogP contribution in [-0.2, 0) is 19.1 Å². The summed E-state index contributed by atoms with van der Waals surface area (Å²) in [5, 5.41) is 0. The molecule has 0 aromatic rings. The van der Waals surface area contributed by atoms with Crippen LogP contribution in [0.4, 0.5) is 0 Å². The first-order valence-corrected chi connectivity index (χ1v) is 17.6. The van der Waals surface area contributed by atoms with Crippen molar-refractivity contribution >= 4 is 11.9 Å². The predicted octanol–water partition coefficient (Wildman–Crippen LogP) is 2.47. The highest BCUT2D eigenvalue weighted by Gasteiger charge is 2.17. The van der Waals surface area contributed by atoms with E-state index in [4.69, 9.17) is 9.47 Å². The van der Waals surface area contributed by atoms with E-state index in [-0.39, 0.29) is 58.7 Å². The minimum Gasteiger partial charge on any atom is -1.00 e. The van der Waals surface area contributed by atoms with Gasteiger partial charge in [0, 0.05) is 12.8 Å². The molecule has 0 amide bonds. The molecule has 0 unspecified atom stereocenters. The molecule has 0 aliphatic rings. The van der Waals surface area contributed by atoms with Gasteiger partial charge in [0.05, 0.1) is 41.3 Å². The average Bonchev–Trinajstić information content (AvgIpc) is 2.91. The molecule has 8 heteroatoms. The van der Waals surface area contributed by atoms with Crippen molar-refractivity contribution in [3.8, 4) is 0 Å². The van der Waals surface area contributed by atoms with Gasteiger partial charge in [-0.2, -0.15) is 0 Å². The first-order valence-electron chi connectivity index (χ1n) is 17.6. The lowest BCUT2D eigenvalue weighted by atomic mass is 10.1. The van der Waals surface area contributed by atoms with Crippen molar-refractivity contribution in [2.45, 2.75) is 149 Å². The number of nitrogens with zero attached hydrogens (tertiary/aromatic N) is 2. The fourth-order valence-corrected chi connectivity index (χ4v) is 5.26. The zero-order chi connectivity index (χ0) is 30.7. The topological polar surface area (TPSA) is 52.6 Å². The Bertz CT molecular complexity index is 581. The highest BCUT2D eigenvalue weighted by molar-refractivity contribution is 5.72. The Morgan fingerprint density at radius 2 is 0.698 bits per heavy atom. The van der Waals surface area contributed by atoms with Crippen LogP contribution < -0.4 is 34.0 Å². The molecule has 0 spiro atoms. The zero-order valence-electron chi connectivity index (χ0n) is 29.4. The number of carbonyl (C=O) groups excluding carboxylic acids is 2. The maximum Gasteiger partial charge on any atom is 0.306 e. The molecule has 0 rings (SSSR count). The normalized spacial score (nSPS) is 11.5. The van der Waals surface area contributed by atoms with Gasteiger partial charge < -0.3 is 52.4 Å². The summed E-state index contributed by atoms with van der Waals surface area (Å²) in [4.78, 5) is 24.2. The van der Waals surface area contributed by atoms with Crippen LogP contribution in [0.25, 0.3) is 0 Å². The summed E-state index contributed by atoms with van der Waals surface area (Å²) >= 11 is 0. The van der Waals surface area contributed by atoms with Crippen LogP contribution in [0, 0.1) is 0 Å². The highest BCUT2D eigenvalue weighted by atomic mass is 79.9. The predicted molar refractivity (Wildman–Crippen MR) is 174 cm³/mol. The number of esters is 2. The fraction of sp³-hybridized carbons (Fsp3) is 0.943. The maximum absolute atomic E-state index is 12.1. The van der Waals surface area contributed by atoms with Crippen molar-refractivity contribution in [1.82, 2.24) is 0 Å². The molecule has 260 valence electrons. The average molecular weight is 745 g/mol. The Morgan fingerprint density at radius 1 is 0.419 bits per heavy atom. The number of rotatable bonds is 30. The molecule has 0 heterocycles. The molecule has 43 heavy (non-hydrogen) atoms. The quantitative estimate of drug-likeness (QED) is 0.0646. The van der Waals surface area contributed by atoms with Crippen LogP contribution in [0.15, 0.2) is 0 Å². The summed E-state index contributed by atoms with van der Waals surface area (Å²) in [6.45, 7) is 9.32. The third kappa shape index (κ3) is 34.5. The van der Waals surface area contributed by atoms with Crippen LogP contribution in [0.3, 0.4) is 0 Å². The third-order valence-corrected chi connectivity index (χ3v) is 8.42. The van der Waals surface area contributed by atoms with Gasteiger partial charge in [-0.3, -0.25) is 9.59 Å². The van der Waals surface area contributed by atoms with Gasteiger partial charge in [-0.25, -0.2) is 0 Å². The lowest BCUT2D eigenvalue weighted by Gasteiger charge is -2.29. The van der Waals surface area contributed by atoms with E-state index in [9.17, 15) is 9.59 Å². The minimum atomic E-state index is -0.209.